The molecule has 13 heteroatoms. The molecule has 1 aromatic rings. The number of ether oxygens (including phenoxy) is 8. The monoisotopic (exact) mass is 553 g/mol. The number of nitrogens with two attached hydrogens (primary N) is 1. The predicted molar refractivity (Wildman–Crippen MR) is 135 cm³/mol. The fourth-order valence-corrected chi connectivity index (χ4v) is 3.50. The van der Waals surface area contributed by atoms with E-state index in [2.05, 4.69) is 0 Å². The molecule has 0 radical (unpaired) electrons. The van der Waals surface area contributed by atoms with Gasteiger partial charge in [0.15, 0.2) is 0 Å². The predicted octanol–water partition coefficient (Wildman–Crippen LogP) is 0.483. The van der Waals surface area contributed by atoms with Crippen molar-refractivity contribution >= 4 is 10.1 Å². The van der Waals surface area contributed by atoms with Crippen molar-refractivity contribution in [3.63, 3.8) is 0 Å². The van der Waals surface area contributed by atoms with Crippen LogP contribution in [-0.4, -0.2) is 127 Å². The molecule has 2 N–H and O–H groups in total. The number of benzene rings is 1. The summed E-state index contributed by atoms with van der Waals surface area (Å²) in [5.41, 5.74) is 5.31. The number of hydrogen-bond acceptors (Lipinski definition) is 12. The summed E-state index contributed by atoms with van der Waals surface area (Å²) >= 11 is 0. The van der Waals surface area contributed by atoms with Crippen molar-refractivity contribution in [1.29, 1.82) is 0 Å². The van der Waals surface area contributed by atoms with Gasteiger partial charge in [0, 0.05) is 6.54 Å². The molecule has 0 fully saturated rings. The van der Waals surface area contributed by atoms with Gasteiger partial charge < -0.3 is 43.6 Å². The Labute approximate surface area is 220 Å². The highest BCUT2D eigenvalue weighted by Gasteiger charge is 2.13. The zero-order valence-electron chi connectivity index (χ0n) is 21.6. The van der Waals surface area contributed by atoms with Gasteiger partial charge in [-0.25, -0.2) is 0 Å². The fourth-order valence-electron chi connectivity index (χ4n) is 2.58. The Kier molecular flexibility index (Phi) is 22.9. The van der Waals surface area contributed by atoms with Crippen molar-refractivity contribution < 1.29 is 50.5 Å². The third kappa shape index (κ3) is 21.4. The van der Waals surface area contributed by atoms with Gasteiger partial charge in [0.05, 0.1) is 117 Å². The summed E-state index contributed by atoms with van der Waals surface area (Å²) in [5, 5.41) is 0. The molecule has 0 heterocycles. The van der Waals surface area contributed by atoms with Crippen LogP contribution >= 0.6 is 0 Å². The Morgan fingerprint density at radius 3 is 1.08 bits per heavy atom. The lowest BCUT2D eigenvalue weighted by Gasteiger charge is -2.09. The summed E-state index contributed by atoms with van der Waals surface area (Å²) in [4.78, 5) is 0.123. The van der Waals surface area contributed by atoms with Gasteiger partial charge in [-0.2, -0.15) is 8.42 Å². The molecule has 0 saturated heterocycles. The first-order chi connectivity index (χ1) is 18.2. The lowest BCUT2D eigenvalue weighted by atomic mass is 10.4. The van der Waals surface area contributed by atoms with Crippen LogP contribution in [0.1, 0.15) is 0 Å². The molecular formula is C24H43NO11S. The highest BCUT2D eigenvalue weighted by atomic mass is 32.2. The maximum Gasteiger partial charge on any atom is 0.297 e. The normalized spacial score (nSPS) is 11.8. The minimum atomic E-state index is -3.75. The van der Waals surface area contributed by atoms with E-state index in [1.807, 2.05) is 0 Å². The Bertz CT molecular complexity index is 710. The molecular weight excluding hydrogens is 510 g/mol. The molecule has 0 aliphatic carbocycles. The van der Waals surface area contributed by atoms with Crippen LogP contribution < -0.4 is 5.73 Å². The number of hydrogen-bond donors (Lipinski definition) is 1. The standard InChI is InChI=1S/C24H43NO11S/c25-6-7-28-8-9-29-10-11-30-12-13-31-14-15-32-16-17-33-18-19-34-20-21-35-22-23-36-37(26,27)24-4-2-1-3-5-24/h1-5H,6-23,25H2. The minimum absolute atomic E-state index is 0.0539. The van der Waals surface area contributed by atoms with E-state index in [-0.39, 0.29) is 18.1 Å². The molecule has 0 bridgehead atoms. The Morgan fingerprint density at radius 2 is 0.757 bits per heavy atom. The maximum absolute atomic E-state index is 11.9. The lowest BCUT2D eigenvalue weighted by molar-refractivity contribution is -0.0234. The Hall–Kier alpha value is -1.23. The minimum Gasteiger partial charge on any atom is -0.378 e. The lowest BCUT2D eigenvalue weighted by Crippen LogP contribution is -2.16. The first kappa shape index (κ1) is 33.8. The van der Waals surface area contributed by atoms with Gasteiger partial charge in [-0.15, -0.1) is 0 Å². The van der Waals surface area contributed by atoms with Gasteiger partial charge in [0.1, 0.15) is 0 Å². The van der Waals surface area contributed by atoms with Crippen molar-refractivity contribution in [2.75, 3.05) is 119 Å². The van der Waals surface area contributed by atoms with Crippen LogP contribution in [0.25, 0.3) is 0 Å². The molecule has 0 aliphatic heterocycles. The summed E-state index contributed by atoms with van der Waals surface area (Å²) in [6.07, 6.45) is 0. The van der Waals surface area contributed by atoms with Crippen molar-refractivity contribution in [2.24, 2.45) is 5.73 Å². The van der Waals surface area contributed by atoms with E-state index in [1.165, 1.54) is 12.1 Å². The summed E-state index contributed by atoms with van der Waals surface area (Å²) in [6, 6.07) is 7.98. The quantitative estimate of drug-likeness (QED) is 0.114. The molecule has 0 unspecified atom stereocenters. The highest BCUT2D eigenvalue weighted by Crippen LogP contribution is 2.10. The molecule has 0 aromatic heterocycles. The molecule has 37 heavy (non-hydrogen) atoms. The number of rotatable bonds is 28. The highest BCUT2D eigenvalue weighted by molar-refractivity contribution is 7.86. The van der Waals surface area contributed by atoms with Gasteiger partial charge in [-0.05, 0) is 12.1 Å². The average Bonchev–Trinajstić information content (AvgIpc) is 2.91. The molecule has 0 atom stereocenters. The van der Waals surface area contributed by atoms with Crippen LogP contribution in [0.3, 0.4) is 0 Å². The van der Waals surface area contributed by atoms with E-state index in [4.69, 9.17) is 47.8 Å². The molecule has 0 aliphatic rings. The molecule has 1 aromatic carbocycles. The van der Waals surface area contributed by atoms with Crippen LogP contribution in [0.4, 0.5) is 0 Å². The third-order valence-electron chi connectivity index (χ3n) is 4.36. The van der Waals surface area contributed by atoms with E-state index >= 15 is 0 Å². The Balaban J connectivity index is 1.71. The largest absolute Gasteiger partial charge is 0.378 e. The molecule has 12 nitrogen and oxygen atoms in total. The molecule has 216 valence electrons. The van der Waals surface area contributed by atoms with E-state index in [0.717, 1.165) is 0 Å². The van der Waals surface area contributed by atoms with Crippen molar-refractivity contribution in [1.82, 2.24) is 0 Å². The Morgan fingerprint density at radius 1 is 0.459 bits per heavy atom. The summed E-state index contributed by atoms with van der Waals surface area (Å²) < 4.78 is 71.6. The molecule has 0 amide bonds. The van der Waals surface area contributed by atoms with E-state index in [9.17, 15) is 8.42 Å². The van der Waals surface area contributed by atoms with Crippen LogP contribution in [-0.2, 0) is 52.2 Å². The van der Waals surface area contributed by atoms with Crippen molar-refractivity contribution in [3.8, 4) is 0 Å². The second-order valence-electron chi connectivity index (χ2n) is 7.28. The smallest absolute Gasteiger partial charge is 0.297 e. The van der Waals surface area contributed by atoms with Crippen LogP contribution in [0.2, 0.25) is 0 Å². The van der Waals surface area contributed by atoms with Gasteiger partial charge in [-0.3, -0.25) is 4.18 Å². The topological polar surface area (TPSA) is 143 Å². The van der Waals surface area contributed by atoms with E-state index < -0.39 is 10.1 Å². The maximum atomic E-state index is 11.9. The van der Waals surface area contributed by atoms with E-state index in [0.29, 0.717) is 106 Å². The van der Waals surface area contributed by atoms with Crippen LogP contribution in [0, 0.1) is 0 Å². The summed E-state index contributed by atoms with van der Waals surface area (Å²) in [6.45, 7) is 7.79. The molecule has 1 rings (SSSR count). The zero-order valence-corrected chi connectivity index (χ0v) is 22.4. The first-order valence-corrected chi connectivity index (χ1v) is 13.8. The van der Waals surface area contributed by atoms with Gasteiger partial charge in [0.2, 0.25) is 0 Å². The van der Waals surface area contributed by atoms with Crippen molar-refractivity contribution in [2.45, 2.75) is 4.90 Å². The summed E-state index contributed by atoms with van der Waals surface area (Å²) in [7, 11) is -3.75. The van der Waals surface area contributed by atoms with Crippen LogP contribution in [0.5, 0.6) is 0 Å². The average molecular weight is 554 g/mol. The molecule has 0 spiro atoms. The van der Waals surface area contributed by atoms with Crippen LogP contribution in [0.15, 0.2) is 35.2 Å². The fraction of sp³-hybridized carbons (Fsp3) is 0.750. The van der Waals surface area contributed by atoms with Gasteiger partial charge in [0.25, 0.3) is 10.1 Å². The SMILES string of the molecule is NCCOCCOCCOCCOCCOCCOCCOCCOCCOS(=O)(=O)c1ccccc1. The van der Waals surface area contributed by atoms with Crippen molar-refractivity contribution in [3.05, 3.63) is 30.3 Å². The third-order valence-corrected chi connectivity index (χ3v) is 5.69. The second kappa shape index (κ2) is 25.1. The van der Waals surface area contributed by atoms with E-state index in [1.54, 1.807) is 18.2 Å². The first-order valence-electron chi connectivity index (χ1n) is 12.4. The summed E-state index contributed by atoms with van der Waals surface area (Å²) in [5.74, 6) is 0. The van der Waals surface area contributed by atoms with Gasteiger partial charge >= 0.3 is 0 Å². The molecule has 0 saturated carbocycles. The zero-order chi connectivity index (χ0) is 26.7. The van der Waals surface area contributed by atoms with Gasteiger partial charge in [-0.1, -0.05) is 18.2 Å². The second-order valence-corrected chi connectivity index (χ2v) is 8.89.